The molecule has 5 atom stereocenters. The van der Waals surface area contributed by atoms with Gasteiger partial charge in [0.05, 0.1) is 17.6 Å². The van der Waals surface area contributed by atoms with E-state index in [1.165, 1.54) is 11.1 Å². The average Bonchev–Trinajstić information content (AvgIpc) is 3.93. The van der Waals surface area contributed by atoms with Gasteiger partial charge in [-0.15, -0.1) is 0 Å². The van der Waals surface area contributed by atoms with Crippen molar-refractivity contribution in [3.63, 3.8) is 0 Å². The predicted octanol–water partition coefficient (Wildman–Crippen LogP) is 3.13. The molecule has 6 amide bonds. The van der Waals surface area contributed by atoms with Crippen LogP contribution in [0.1, 0.15) is 97.5 Å². The van der Waals surface area contributed by atoms with E-state index in [0.717, 1.165) is 37.7 Å². The Kier molecular flexibility index (Phi) is 15.3. The van der Waals surface area contributed by atoms with Gasteiger partial charge < -0.3 is 36.2 Å². The van der Waals surface area contributed by atoms with Crippen LogP contribution in [0.5, 0.6) is 5.88 Å². The van der Waals surface area contributed by atoms with Gasteiger partial charge in [-0.25, -0.2) is 4.98 Å². The van der Waals surface area contributed by atoms with Crippen LogP contribution in [0, 0.1) is 11.3 Å². The Bertz CT molecular complexity index is 1790. The molecule has 1 saturated heterocycles. The van der Waals surface area contributed by atoms with Gasteiger partial charge in [0.1, 0.15) is 24.2 Å². The molecule has 1 aromatic heterocycles. The highest BCUT2D eigenvalue weighted by Gasteiger charge is 2.47. The van der Waals surface area contributed by atoms with Crippen LogP contribution in [0.15, 0.2) is 48.7 Å². The topological polar surface area (TPSA) is 205 Å². The Morgan fingerprint density at radius 3 is 2.21 bits per heavy atom. The van der Waals surface area contributed by atoms with Crippen LogP contribution < -0.4 is 31.3 Å². The lowest BCUT2D eigenvalue weighted by Crippen LogP contribution is -2.62. The minimum atomic E-state index is -1.20. The Labute approximate surface area is 344 Å². The van der Waals surface area contributed by atoms with E-state index in [1.54, 1.807) is 32.9 Å². The first-order chi connectivity index (χ1) is 27.6. The van der Waals surface area contributed by atoms with Gasteiger partial charge in [0, 0.05) is 31.3 Å². The number of nitrogens with one attached hydrogen (secondary N) is 5. The number of nitrogens with zero attached hydrogens (tertiary/aromatic N) is 2. The molecule has 0 radical (unpaired) electrons. The molecule has 15 nitrogen and oxygen atoms in total. The summed E-state index contributed by atoms with van der Waals surface area (Å²) in [6, 6.07) is 7.65. The Morgan fingerprint density at radius 2 is 1.59 bits per heavy atom. The monoisotopic (exact) mass is 821 g/mol. The molecular formula is C42H56ClN7O8. The number of aromatic nitrogens is 1. The fourth-order valence-corrected chi connectivity index (χ4v) is 7.53. The van der Waals surface area contributed by atoms with Crippen LogP contribution in [0.25, 0.3) is 0 Å². The quantitative estimate of drug-likeness (QED) is 0.158. The maximum absolute atomic E-state index is 14.8. The van der Waals surface area contributed by atoms with E-state index in [1.807, 2.05) is 37.3 Å². The summed E-state index contributed by atoms with van der Waals surface area (Å²) < 4.78 is 6.11. The van der Waals surface area contributed by atoms with Crippen LogP contribution in [0.3, 0.4) is 0 Å². The Hall–Kier alpha value is -5.05. The lowest BCUT2D eigenvalue weighted by molar-refractivity contribution is -0.146. The fraction of sp³-hybridized carbons (Fsp3) is 0.571. The van der Waals surface area contributed by atoms with Crippen molar-refractivity contribution in [1.29, 1.82) is 0 Å². The molecule has 3 fully saturated rings. The molecule has 2 heterocycles. The molecule has 5 rings (SSSR count). The number of carbonyl (C=O) groups is 7. The third-order valence-electron chi connectivity index (χ3n) is 10.8. The summed E-state index contributed by atoms with van der Waals surface area (Å²) in [6.07, 6.45) is 6.92. The van der Waals surface area contributed by atoms with E-state index in [2.05, 4.69) is 31.6 Å². The second-order valence-electron chi connectivity index (χ2n) is 16.6. The van der Waals surface area contributed by atoms with Crippen molar-refractivity contribution >= 4 is 52.8 Å². The van der Waals surface area contributed by atoms with Gasteiger partial charge in [0.2, 0.25) is 29.4 Å². The van der Waals surface area contributed by atoms with Gasteiger partial charge in [0.25, 0.3) is 5.91 Å². The number of likely N-dealkylation sites (tertiary alicyclic amines) is 1. The highest BCUT2D eigenvalue weighted by Crippen LogP contribution is 2.30. The number of hydrogen-bond donors (Lipinski definition) is 5. The number of ketones is 1. The molecule has 1 aliphatic heterocycles. The van der Waals surface area contributed by atoms with E-state index in [4.69, 9.17) is 16.3 Å². The van der Waals surface area contributed by atoms with E-state index in [-0.39, 0.29) is 43.8 Å². The molecule has 2 aliphatic carbocycles. The Morgan fingerprint density at radius 1 is 0.879 bits per heavy atom. The zero-order chi connectivity index (χ0) is 42.0. The van der Waals surface area contributed by atoms with E-state index >= 15 is 0 Å². The van der Waals surface area contributed by atoms with Crippen LogP contribution >= 0.6 is 11.6 Å². The zero-order valence-corrected chi connectivity index (χ0v) is 34.4. The largest absolute Gasteiger partial charge is 0.472 e. The van der Waals surface area contributed by atoms with Gasteiger partial charge in [0.15, 0.2) is 0 Å². The Balaban J connectivity index is 1.36. The van der Waals surface area contributed by atoms with Crippen molar-refractivity contribution in [2.45, 2.75) is 135 Å². The first kappa shape index (κ1) is 44.1. The number of halogens is 1. The van der Waals surface area contributed by atoms with Crippen molar-refractivity contribution in [2.24, 2.45) is 11.3 Å². The minimum absolute atomic E-state index is 0.0207. The molecule has 2 aromatic rings. The number of pyridine rings is 1. The van der Waals surface area contributed by atoms with Crippen molar-refractivity contribution in [3.8, 4) is 5.88 Å². The first-order valence-corrected chi connectivity index (χ1v) is 20.7. The zero-order valence-electron chi connectivity index (χ0n) is 33.7. The van der Waals surface area contributed by atoms with Crippen LogP contribution in [-0.2, 0) is 40.1 Å². The number of rotatable bonds is 16. The second kappa shape index (κ2) is 20.1. The fourth-order valence-electron chi connectivity index (χ4n) is 7.42. The molecule has 0 bridgehead atoms. The van der Waals surface area contributed by atoms with Gasteiger partial charge in [-0.3, -0.25) is 33.6 Å². The number of carbonyl (C=O) groups excluding carboxylic acids is 7. The SMILES string of the molecule is CCC[C@H](NC(=O)C1C[C@@H](Oc2ccc(Cl)cn2)CN1C(=O)[C@@H](NC(=O)[C@@H](NC(=O)C(=O)NCc1ccccc1)C1CCCCC1)C(C)(C)C)C(=O)C(=O)NC1CC1. The van der Waals surface area contributed by atoms with Gasteiger partial charge in [-0.05, 0) is 55.1 Å². The molecule has 1 aromatic carbocycles. The summed E-state index contributed by atoms with van der Waals surface area (Å²) >= 11 is 6.02. The summed E-state index contributed by atoms with van der Waals surface area (Å²) in [6.45, 7) is 7.20. The van der Waals surface area contributed by atoms with Gasteiger partial charge in [-0.2, -0.15) is 0 Å². The van der Waals surface area contributed by atoms with E-state index in [0.29, 0.717) is 24.3 Å². The third kappa shape index (κ3) is 12.2. The van der Waals surface area contributed by atoms with E-state index < -0.39 is 76.9 Å². The summed E-state index contributed by atoms with van der Waals surface area (Å²) in [5, 5.41) is 14.0. The smallest absolute Gasteiger partial charge is 0.309 e. The highest BCUT2D eigenvalue weighted by atomic mass is 35.5. The highest BCUT2D eigenvalue weighted by molar-refractivity contribution is 6.38. The minimum Gasteiger partial charge on any atom is -0.472 e. The summed E-state index contributed by atoms with van der Waals surface area (Å²) in [7, 11) is 0. The first-order valence-electron chi connectivity index (χ1n) is 20.3. The molecule has 0 spiro atoms. The predicted molar refractivity (Wildman–Crippen MR) is 215 cm³/mol. The molecule has 314 valence electrons. The summed E-state index contributed by atoms with van der Waals surface area (Å²) in [4.78, 5) is 101. The maximum Gasteiger partial charge on any atom is 0.309 e. The van der Waals surface area contributed by atoms with Crippen LogP contribution in [-0.4, -0.2) is 94.0 Å². The second-order valence-corrected chi connectivity index (χ2v) is 17.0. The number of hydrogen-bond acceptors (Lipinski definition) is 9. The number of benzene rings is 1. The van der Waals surface area contributed by atoms with Crippen molar-refractivity contribution in [1.82, 2.24) is 36.5 Å². The number of Topliss-reactive ketones (excluding diaryl/α,β-unsaturated/α-hetero) is 1. The lowest BCUT2D eigenvalue weighted by Gasteiger charge is -2.37. The van der Waals surface area contributed by atoms with Crippen LogP contribution in [0.4, 0.5) is 0 Å². The molecule has 16 heteroatoms. The van der Waals surface area contributed by atoms with Gasteiger partial charge in [-0.1, -0.05) is 95.3 Å². The number of ether oxygens (including phenoxy) is 1. The molecular weight excluding hydrogens is 766 g/mol. The standard InChI is InChI=1S/C42H56ClN7O8/c1-5-12-30(34(51)38(54)46-28-18-19-28)47-36(52)31-21-29(58-32-20-17-27(43)23-44-32)24-50(31)41(57)35(42(2,3)4)49-37(53)33(26-15-10-7-11-16-26)48-40(56)39(55)45-22-25-13-8-6-9-14-25/h6,8-9,13-14,17,20,23,26,28-31,33,35H,5,7,10-12,15-16,18-19,21-22,24H2,1-4H3,(H,45,55)(H,46,54)(H,47,52)(H,48,56)(H,49,53)/t29-,30+,31?,33+,35-/m1/s1. The maximum atomic E-state index is 14.8. The molecule has 5 N–H and O–H groups in total. The summed E-state index contributed by atoms with van der Waals surface area (Å²) in [5.41, 5.74) is -0.102. The molecule has 2 saturated carbocycles. The average molecular weight is 822 g/mol. The van der Waals surface area contributed by atoms with E-state index in [9.17, 15) is 33.6 Å². The normalized spacial score (nSPS) is 19.8. The molecule has 1 unspecified atom stereocenters. The number of amides is 6. The van der Waals surface area contributed by atoms with Crippen molar-refractivity contribution in [3.05, 3.63) is 59.2 Å². The van der Waals surface area contributed by atoms with Crippen LogP contribution in [0.2, 0.25) is 5.02 Å². The van der Waals surface area contributed by atoms with Crippen molar-refractivity contribution in [2.75, 3.05) is 6.54 Å². The van der Waals surface area contributed by atoms with Crippen molar-refractivity contribution < 1.29 is 38.3 Å². The lowest BCUT2D eigenvalue weighted by atomic mass is 9.82. The summed E-state index contributed by atoms with van der Waals surface area (Å²) in [5.74, 6) is -5.31. The third-order valence-corrected chi connectivity index (χ3v) is 11.0. The molecule has 3 aliphatic rings. The molecule has 58 heavy (non-hydrogen) atoms. The van der Waals surface area contributed by atoms with Gasteiger partial charge >= 0.3 is 11.8 Å².